The van der Waals surface area contributed by atoms with Crippen molar-refractivity contribution in [2.24, 2.45) is 0 Å². The Balaban J connectivity index is 3.32. The predicted octanol–water partition coefficient (Wildman–Crippen LogP) is 4.02. The van der Waals surface area contributed by atoms with Crippen molar-refractivity contribution in [3.05, 3.63) is 12.2 Å². The average Bonchev–Trinajstić information content (AvgIpc) is 2.92. The van der Waals surface area contributed by atoms with Gasteiger partial charge in [-0.05, 0) is 0 Å². The molecule has 1 aliphatic heterocycles. The van der Waals surface area contributed by atoms with Crippen molar-refractivity contribution in [3.63, 3.8) is 0 Å². The Kier molecular flexibility index (Phi) is 8.59. The van der Waals surface area contributed by atoms with E-state index < -0.39 is 26.6 Å². The third kappa shape index (κ3) is 5.12. The fourth-order valence-electron chi connectivity index (χ4n) is 4.26. The average molecular weight is 458 g/mol. The molecule has 6 heteroatoms. The Bertz CT molecular complexity index is 399. The minimum atomic E-state index is -2.05. The molecular formula is C18H42BN3SiSn. The molecule has 0 saturated carbocycles. The standard InChI is InChI=1S/C15H33BN3Si.3CH3.Sn/c1-8-17(9-2)16(18(10-3)11-4)15-13-12-14-19(15)20(5,6)7;;;;/h12-15H,8-11H2,1-7H3;3*1H3;. The minimum absolute atomic E-state index is 0.511. The van der Waals surface area contributed by atoms with Crippen LogP contribution in [0.3, 0.4) is 0 Å². The molecule has 0 bridgehead atoms. The first-order valence-electron chi connectivity index (χ1n) is 9.97. The molecule has 2 atom stereocenters. The molecule has 24 heavy (non-hydrogen) atoms. The molecule has 0 aliphatic carbocycles. The van der Waals surface area contributed by atoms with Crippen LogP contribution in [-0.4, -0.2) is 84.0 Å². The molecule has 0 N–H and O–H groups in total. The second-order valence-corrected chi connectivity index (χ2v) is 29.2. The van der Waals surface area contributed by atoms with E-state index in [1.54, 1.807) is 0 Å². The molecular weight excluding hydrogens is 416 g/mol. The van der Waals surface area contributed by atoms with Gasteiger partial charge < -0.3 is 0 Å². The summed E-state index contributed by atoms with van der Waals surface area (Å²) in [7, 11) is -1.40. The zero-order valence-electron chi connectivity index (χ0n) is 18.1. The monoisotopic (exact) mass is 459 g/mol. The van der Waals surface area contributed by atoms with E-state index >= 15 is 0 Å². The van der Waals surface area contributed by atoms with Crippen LogP contribution < -0.4 is 0 Å². The van der Waals surface area contributed by atoms with Gasteiger partial charge >= 0.3 is 158 Å². The summed E-state index contributed by atoms with van der Waals surface area (Å²) in [6.07, 6.45) is 5.17. The molecule has 1 aliphatic rings. The summed E-state index contributed by atoms with van der Waals surface area (Å²) in [5.74, 6) is 0.553. The number of hydrogen-bond acceptors (Lipinski definition) is 3. The fraction of sp³-hybridized carbons (Fsp3) is 0.889. The molecule has 0 aromatic rings. The van der Waals surface area contributed by atoms with E-state index in [0.717, 1.165) is 30.2 Å². The van der Waals surface area contributed by atoms with E-state index in [4.69, 9.17) is 0 Å². The maximum absolute atomic E-state index is 2.99. The summed E-state index contributed by atoms with van der Waals surface area (Å²) in [5, 5.41) is 0. The van der Waals surface area contributed by atoms with Crippen LogP contribution in [-0.2, 0) is 0 Å². The van der Waals surface area contributed by atoms with Crippen LogP contribution in [0.4, 0.5) is 0 Å². The molecule has 2 unspecified atom stereocenters. The van der Waals surface area contributed by atoms with Gasteiger partial charge in [0.1, 0.15) is 0 Å². The molecule has 0 saturated heterocycles. The Labute approximate surface area is 157 Å². The Morgan fingerprint density at radius 1 is 0.875 bits per heavy atom. The Hall–Kier alpha value is 0.701. The van der Waals surface area contributed by atoms with E-state index in [1.165, 1.54) is 0 Å². The quantitative estimate of drug-likeness (QED) is 0.382. The third-order valence-corrected chi connectivity index (χ3v) is 14.7. The molecule has 140 valence electrons. The predicted molar refractivity (Wildman–Crippen MR) is 117 cm³/mol. The van der Waals surface area contributed by atoms with Gasteiger partial charge in [0.2, 0.25) is 0 Å². The molecule has 0 amide bonds. The summed E-state index contributed by atoms with van der Waals surface area (Å²) in [6.45, 7) is 21.9. The molecule has 0 fully saturated rings. The van der Waals surface area contributed by atoms with Gasteiger partial charge in [-0.2, -0.15) is 0 Å². The van der Waals surface area contributed by atoms with Crippen LogP contribution in [0.2, 0.25) is 34.5 Å². The van der Waals surface area contributed by atoms with Gasteiger partial charge in [-0.1, -0.05) is 0 Å². The van der Waals surface area contributed by atoms with Crippen LogP contribution in [0.15, 0.2) is 12.2 Å². The molecule has 0 radical (unpaired) electrons. The molecule has 0 aromatic carbocycles. The molecule has 0 spiro atoms. The van der Waals surface area contributed by atoms with Crippen molar-refractivity contribution < 1.29 is 0 Å². The van der Waals surface area contributed by atoms with E-state index in [2.05, 4.69) is 88.5 Å². The molecule has 1 heterocycles. The van der Waals surface area contributed by atoms with Crippen molar-refractivity contribution in [1.29, 1.82) is 0 Å². The fourth-order valence-corrected chi connectivity index (χ4v) is 17.0. The first-order valence-corrected chi connectivity index (χ1v) is 23.6. The molecule has 1 rings (SSSR count). The van der Waals surface area contributed by atoms with E-state index in [1.807, 2.05) is 0 Å². The van der Waals surface area contributed by atoms with Crippen LogP contribution in [0, 0.1) is 0 Å². The topological polar surface area (TPSA) is 9.72 Å². The normalized spacial score (nSPS) is 22.8. The summed E-state index contributed by atoms with van der Waals surface area (Å²) in [6, 6.07) is 0. The van der Waals surface area contributed by atoms with E-state index in [9.17, 15) is 0 Å². The van der Waals surface area contributed by atoms with Crippen molar-refractivity contribution in [3.8, 4) is 0 Å². The van der Waals surface area contributed by atoms with Gasteiger partial charge in [-0.3, -0.25) is 0 Å². The summed E-state index contributed by atoms with van der Waals surface area (Å²) < 4.78 is 3.74. The number of rotatable bonds is 9. The molecule has 0 aromatic heterocycles. The SMILES string of the molecule is CCN(CC)B(C1C=C[CH]([Sn]([CH3])([CH3])[CH3])N1[Si](C)(C)C)N(CC)CC. The second kappa shape index (κ2) is 9.07. The zero-order valence-corrected chi connectivity index (χ0v) is 21.9. The third-order valence-electron chi connectivity index (χ3n) is 5.45. The summed E-state index contributed by atoms with van der Waals surface area (Å²) >= 11 is -2.05. The van der Waals surface area contributed by atoms with E-state index in [0.29, 0.717) is 12.9 Å². The van der Waals surface area contributed by atoms with Gasteiger partial charge in [0.15, 0.2) is 0 Å². The maximum atomic E-state index is 2.99. The van der Waals surface area contributed by atoms with Crippen molar-refractivity contribution in [1.82, 2.24) is 14.2 Å². The first-order chi connectivity index (χ1) is 11.0. The first kappa shape index (κ1) is 22.7. The van der Waals surface area contributed by atoms with Crippen LogP contribution >= 0.6 is 0 Å². The summed E-state index contributed by atoms with van der Waals surface area (Å²) in [5.41, 5.74) is 0. The summed E-state index contributed by atoms with van der Waals surface area (Å²) in [4.78, 5) is 13.2. The van der Waals surface area contributed by atoms with E-state index in [-0.39, 0.29) is 0 Å². The van der Waals surface area contributed by atoms with Crippen LogP contribution in [0.25, 0.3) is 0 Å². The van der Waals surface area contributed by atoms with Crippen molar-refractivity contribution >= 4 is 33.6 Å². The number of hydrogen-bond donors (Lipinski definition) is 0. The second-order valence-electron chi connectivity index (χ2n) is 9.12. The van der Waals surface area contributed by atoms with Gasteiger partial charge in [0.25, 0.3) is 0 Å². The van der Waals surface area contributed by atoms with Crippen LogP contribution in [0.1, 0.15) is 27.7 Å². The number of nitrogens with zero attached hydrogens (tertiary/aromatic N) is 3. The Morgan fingerprint density at radius 2 is 1.29 bits per heavy atom. The van der Waals surface area contributed by atoms with Gasteiger partial charge in [-0.25, -0.2) is 0 Å². The van der Waals surface area contributed by atoms with Gasteiger partial charge in [0.05, 0.1) is 0 Å². The van der Waals surface area contributed by atoms with Gasteiger partial charge in [0, 0.05) is 0 Å². The van der Waals surface area contributed by atoms with Crippen LogP contribution in [0.5, 0.6) is 0 Å². The van der Waals surface area contributed by atoms with Crippen molar-refractivity contribution in [2.75, 3.05) is 26.2 Å². The molecule has 3 nitrogen and oxygen atoms in total. The van der Waals surface area contributed by atoms with Gasteiger partial charge in [-0.15, -0.1) is 0 Å². The zero-order chi connectivity index (χ0) is 18.7. The Morgan fingerprint density at radius 3 is 1.58 bits per heavy atom. The van der Waals surface area contributed by atoms with Crippen molar-refractivity contribution in [2.45, 2.75) is 72.2 Å².